The summed E-state index contributed by atoms with van der Waals surface area (Å²) in [5.74, 6) is -0.377. The van der Waals surface area contributed by atoms with Crippen molar-refractivity contribution in [3.8, 4) is 6.07 Å². The Morgan fingerprint density at radius 1 is 1.22 bits per heavy atom. The summed E-state index contributed by atoms with van der Waals surface area (Å²) in [7, 11) is 0. The maximum atomic E-state index is 13.2. The van der Waals surface area contributed by atoms with Gasteiger partial charge in [0.05, 0.1) is 30.2 Å². The molecular weight excluding hydrogens is 367 g/mol. The molecule has 0 N–H and O–H groups in total. The van der Waals surface area contributed by atoms with Crippen molar-refractivity contribution in [1.29, 1.82) is 5.26 Å². The van der Waals surface area contributed by atoms with Crippen molar-refractivity contribution >= 4 is 18.3 Å². The van der Waals surface area contributed by atoms with Crippen LogP contribution in [0.25, 0.3) is 0 Å². The van der Waals surface area contributed by atoms with Crippen LogP contribution in [0.3, 0.4) is 0 Å². The molecule has 4 rings (SSSR count). The molecule has 1 atom stereocenters. The van der Waals surface area contributed by atoms with E-state index in [0.717, 1.165) is 16.8 Å². The Morgan fingerprint density at radius 2 is 2.00 bits per heavy atom. The lowest BCUT2D eigenvalue weighted by Gasteiger charge is -2.34. The zero-order chi connectivity index (χ0) is 18.1. The number of fused-ring (bicyclic) bond motifs is 1. The first-order valence-corrected chi connectivity index (χ1v) is 8.20. The molecule has 0 aliphatic carbocycles. The number of hydrogen-bond donors (Lipinski definition) is 0. The van der Waals surface area contributed by atoms with Crippen LogP contribution in [0.15, 0.2) is 61.1 Å². The van der Waals surface area contributed by atoms with Gasteiger partial charge in [-0.1, -0.05) is 24.3 Å². The van der Waals surface area contributed by atoms with Gasteiger partial charge in [-0.2, -0.15) is 5.26 Å². The summed E-state index contributed by atoms with van der Waals surface area (Å²) in [6.45, 7) is 0.823. The summed E-state index contributed by atoms with van der Waals surface area (Å²) in [6.07, 6.45) is 3.39. The Labute approximate surface area is 162 Å². The number of carbonyl (C=O) groups excluding carboxylic acids is 1. The van der Waals surface area contributed by atoms with Gasteiger partial charge in [0.2, 0.25) is 0 Å². The molecule has 2 heterocycles. The van der Waals surface area contributed by atoms with Crippen LogP contribution in [-0.2, 0) is 17.9 Å². The van der Waals surface area contributed by atoms with E-state index in [0.29, 0.717) is 18.7 Å². The Morgan fingerprint density at radius 3 is 2.74 bits per heavy atom. The fourth-order valence-corrected chi connectivity index (χ4v) is 3.28. The van der Waals surface area contributed by atoms with Crippen LogP contribution in [0, 0.1) is 17.1 Å². The summed E-state index contributed by atoms with van der Waals surface area (Å²) < 4.78 is 15.0. The largest absolute Gasteiger partial charge is 0.330 e. The van der Waals surface area contributed by atoms with Gasteiger partial charge >= 0.3 is 0 Å². The maximum absolute atomic E-state index is 13.2. The maximum Gasteiger partial charge on any atom is 0.250 e. The number of carbonyl (C=O) groups is 1. The number of amides is 1. The molecule has 1 unspecified atom stereocenters. The highest BCUT2D eigenvalue weighted by molar-refractivity contribution is 5.85. The topological polar surface area (TPSA) is 61.9 Å². The summed E-state index contributed by atoms with van der Waals surface area (Å²) >= 11 is 0. The Kier molecular flexibility index (Phi) is 5.24. The quantitative estimate of drug-likeness (QED) is 0.697. The van der Waals surface area contributed by atoms with Gasteiger partial charge in [0, 0.05) is 12.7 Å². The van der Waals surface area contributed by atoms with Crippen LogP contribution in [-0.4, -0.2) is 20.4 Å². The van der Waals surface area contributed by atoms with Crippen LogP contribution in [0.2, 0.25) is 0 Å². The Hall–Kier alpha value is -3.17. The van der Waals surface area contributed by atoms with Gasteiger partial charge in [-0.3, -0.25) is 4.79 Å². The van der Waals surface area contributed by atoms with Gasteiger partial charge in [0.1, 0.15) is 11.9 Å². The summed E-state index contributed by atoms with van der Waals surface area (Å²) in [4.78, 5) is 19.1. The molecular formula is C20H16ClFN4O. The normalized spacial score (nSPS) is 15.6. The standard InChI is InChI=1S/C20H15FN4O.ClH/c21-17-6-4-14(5-7-17)11-24-12-18-10-23-13-25(18)19(20(24)26)16-3-1-2-15(8-16)9-22;/h1-8,10,13,19H,11-12H2;1H. The van der Waals surface area contributed by atoms with Gasteiger partial charge < -0.3 is 9.47 Å². The van der Waals surface area contributed by atoms with Crippen molar-refractivity contribution in [2.75, 3.05) is 0 Å². The smallest absolute Gasteiger partial charge is 0.250 e. The first kappa shape index (κ1) is 18.6. The number of imidazole rings is 1. The van der Waals surface area contributed by atoms with Gasteiger partial charge in [-0.15, -0.1) is 12.4 Å². The molecule has 0 spiro atoms. The first-order chi connectivity index (χ1) is 12.7. The molecule has 1 aliphatic heterocycles. The second-order valence-corrected chi connectivity index (χ2v) is 6.25. The summed E-state index contributed by atoms with van der Waals surface area (Å²) in [6, 6.07) is 14.7. The molecule has 1 amide bonds. The lowest BCUT2D eigenvalue weighted by atomic mass is 10.00. The van der Waals surface area contributed by atoms with Crippen molar-refractivity contribution in [1.82, 2.24) is 14.5 Å². The molecule has 0 radical (unpaired) electrons. The highest BCUT2D eigenvalue weighted by Crippen LogP contribution is 2.29. The Balaban J connectivity index is 0.00000210. The van der Waals surface area contributed by atoms with Gasteiger partial charge in [0.25, 0.3) is 5.91 Å². The number of aromatic nitrogens is 2. The minimum Gasteiger partial charge on any atom is -0.330 e. The predicted octanol–water partition coefficient (Wildman–Crippen LogP) is 3.45. The molecule has 1 aromatic heterocycles. The first-order valence-electron chi connectivity index (χ1n) is 8.20. The molecule has 0 fully saturated rings. The third kappa shape index (κ3) is 3.55. The van der Waals surface area contributed by atoms with Gasteiger partial charge in [0.15, 0.2) is 0 Å². The minimum absolute atomic E-state index is 0. The molecule has 0 saturated carbocycles. The summed E-state index contributed by atoms with van der Waals surface area (Å²) in [5.41, 5.74) is 3.03. The van der Waals surface area contributed by atoms with E-state index in [-0.39, 0.29) is 24.1 Å². The summed E-state index contributed by atoms with van der Waals surface area (Å²) in [5, 5.41) is 9.16. The van der Waals surface area contributed by atoms with E-state index >= 15 is 0 Å². The molecule has 0 bridgehead atoms. The van der Waals surface area contributed by atoms with Crippen LogP contribution in [0.1, 0.15) is 28.4 Å². The lowest BCUT2D eigenvalue weighted by molar-refractivity contribution is -0.136. The molecule has 3 aromatic rings. The second-order valence-electron chi connectivity index (χ2n) is 6.25. The molecule has 0 saturated heterocycles. The van der Waals surface area contributed by atoms with E-state index in [1.54, 1.807) is 47.8 Å². The van der Waals surface area contributed by atoms with Crippen molar-refractivity contribution < 1.29 is 9.18 Å². The number of hydrogen-bond acceptors (Lipinski definition) is 3. The van der Waals surface area contributed by atoms with E-state index in [2.05, 4.69) is 11.1 Å². The van der Waals surface area contributed by atoms with E-state index in [4.69, 9.17) is 5.26 Å². The molecule has 5 nitrogen and oxygen atoms in total. The highest BCUT2D eigenvalue weighted by Gasteiger charge is 2.34. The van der Waals surface area contributed by atoms with E-state index < -0.39 is 6.04 Å². The number of halogens is 2. The number of nitriles is 1. The fourth-order valence-electron chi connectivity index (χ4n) is 3.28. The third-order valence-corrected chi connectivity index (χ3v) is 4.54. The molecule has 1 aliphatic rings. The SMILES string of the molecule is Cl.N#Cc1cccc(C2C(=O)N(Cc3ccc(F)cc3)Cc3cncn32)c1. The molecule has 7 heteroatoms. The van der Waals surface area contributed by atoms with Gasteiger partial charge in [-0.25, -0.2) is 9.37 Å². The zero-order valence-electron chi connectivity index (χ0n) is 14.2. The number of nitrogens with zero attached hydrogens (tertiary/aromatic N) is 4. The van der Waals surface area contributed by atoms with E-state index in [1.807, 2.05) is 10.6 Å². The van der Waals surface area contributed by atoms with Crippen molar-refractivity contribution in [2.45, 2.75) is 19.1 Å². The van der Waals surface area contributed by atoms with Crippen LogP contribution in [0.5, 0.6) is 0 Å². The van der Waals surface area contributed by atoms with Crippen LogP contribution >= 0.6 is 12.4 Å². The third-order valence-electron chi connectivity index (χ3n) is 4.54. The van der Waals surface area contributed by atoms with Crippen LogP contribution in [0.4, 0.5) is 4.39 Å². The minimum atomic E-state index is -0.560. The monoisotopic (exact) mass is 382 g/mol. The molecule has 27 heavy (non-hydrogen) atoms. The zero-order valence-corrected chi connectivity index (χ0v) is 15.1. The average Bonchev–Trinajstić information content (AvgIpc) is 3.12. The number of benzene rings is 2. The lowest BCUT2D eigenvalue weighted by Crippen LogP contribution is -2.42. The van der Waals surface area contributed by atoms with E-state index in [9.17, 15) is 9.18 Å². The predicted molar refractivity (Wildman–Crippen MR) is 99.4 cm³/mol. The van der Waals surface area contributed by atoms with Crippen molar-refractivity contribution in [3.63, 3.8) is 0 Å². The average molecular weight is 383 g/mol. The molecule has 2 aromatic carbocycles. The highest BCUT2D eigenvalue weighted by atomic mass is 35.5. The van der Waals surface area contributed by atoms with Crippen molar-refractivity contribution in [2.24, 2.45) is 0 Å². The van der Waals surface area contributed by atoms with Gasteiger partial charge in [-0.05, 0) is 35.4 Å². The second kappa shape index (κ2) is 7.60. The van der Waals surface area contributed by atoms with Crippen molar-refractivity contribution in [3.05, 3.63) is 89.3 Å². The number of rotatable bonds is 3. The van der Waals surface area contributed by atoms with Crippen LogP contribution < -0.4 is 0 Å². The fraction of sp³-hybridized carbons (Fsp3) is 0.150. The molecule has 136 valence electrons. The van der Waals surface area contributed by atoms with E-state index in [1.165, 1.54) is 12.1 Å². The Bertz CT molecular complexity index is 1010.